The first-order chi connectivity index (χ1) is 9.16. The van der Waals surface area contributed by atoms with Crippen LogP contribution < -0.4 is 0 Å². The van der Waals surface area contributed by atoms with Gasteiger partial charge < -0.3 is 9.52 Å². The maximum atomic E-state index is 11.4. The Labute approximate surface area is 109 Å². The van der Waals surface area contributed by atoms with Gasteiger partial charge in [-0.3, -0.25) is 4.68 Å². The number of aromatic carboxylic acids is 1. The van der Waals surface area contributed by atoms with Gasteiger partial charge in [0.05, 0.1) is 0 Å². The molecule has 1 N–H and O–H groups in total. The highest BCUT2D eigenvalue weighted by atomic mass is 16.4. The zero-order valence-corrected chi connectivity index (χ0v) is 10.3. The van der Waals surface area contributed by atoms with Gasteiger partial charge in [0.2, 0.25) is 0 Å². The summed E-state index contributed by atoms with van der Waals surface area (Å²) in [6.45, 7) is 2.23. The summed E-state index contributed by atoms with van der Waals surface area (Å²) in [7, 11) is 0. The van der Waals surface area contributed by atoms with E-state index in [2.05, 4.69) is 5.10 Å². The normalized spacial score (nSPS) is 11.0. The topological polar surface area (TPSA) is 68.3 Å². The van der Waals surface area contributed by atoms with Gasteiger partial charge in [-0.2, -0.15) is 5.10 Å². The molecule has 3 rings (SSSR count). The zero-order valence-electron chi connectivity index (χ0n) is 10.3. The number of carboxylic acid groups (broad SMARTS) is 1. The lowest BCUT2D eigenvalue weighted by molar-refractivity contribution is 0.0696. The van der Waals surface area contributed by atoms with E-state index in [4.69, 9.17) is 4.42 Å². The van der Waals surface area contributed by atoms with E-state index in [1.807, 2.05) is 19.1 Å². The van der Waals surface area contributed by atoms with Gasteiger partial charge in [-0.05, 0) is 19.1 Å². The van der Waals surface area contributed by atoms with Crippen LogP contribution in [0.15, 0.2) is 40.9 Å². The second-order valence-corrected chi connectivity index (χ2v) is 4.33. The van der Waals surface area contributed by atoms with Crippen LogP contribution in [0.2, 0.25) is 0 Å². The summed E-state index contributed by atoms with van der Waals surface area (Å²) in [5.41, 5.74) is 1.75. The van der Waals surface area contributed by atoms with Crippen molar-refractivity contribution in [2.24, 2.45) is 0 Å². The van der Waals surface area contributed by atoms with E-state index < -0.39 is 5.97 Å². The minimum absolute atomic E-state index is 0.213. The number of rotatable bonds is 3. The minimum atomic E-state index is -0.982. The highest BCUT2D eigenvalue weighted by Crippen LogP contribution is 2.26. The van der Waals surface area contributed by atoms with Gasteiger partial charge >= 0.3 is 5.97 Å². The monoisotopic (exact) mass is 256 g/mol. The van der Waals surface area contributed by atoms with Crippen molar-refractivity contribution in [2.75, 3.05) is 0 Å². The molecule has 0 bridgehead atoms. The molecule has 3 aromatic rings. The largest absolute Gasteiger partial charge is 0.478 e. The van der Waals surface area contributed by atoms with Gasteiger partial charge in [-0.15, -0.1) is 0 Å². The third kappa shape index (κ3) is 1.89. The molecule has 96 valence electrons. The van der Waals surface area contributed by atoms with Crippen LogP contribution in [-0.4, -0.2) is 20.9 Å². The maximum Gasteiger partial charge on any atom is 0.339 e. The number of hydrogen-bond donors (Lipinski definition) is 1. The zero-order chi connectivity index (χ0) is 13.4. The number of aryl methyl sites for hydroxylation is 1. The summed E-state index contributed by atoms with van der Waals surface area (Å²) >= 11 is 0. The summed E-state index contributed by atoms with van der Waals surface area (Å²) in [5, 5.41) is 14.1. The van der Waals surface area contributed by atoms with Gasteiger partial charge in [-0.1, -0.05) is 18.2 Å². The molecule has 0 radical (unpaired) electrons. The first kappa shape index (κ1) is 11.5. The minimum Gasteiger partial charge on any atom is -0.478 e. The summed E-state index contributed by atoms with van der Waals surface area (Å²) in [5.74, 6) is -0.565. The first-order valence-electron chi connectivity index (χ1n) is 5.89. The second kappa shape index (κ2) is 4.28. The predicted molar refractivity (Wildman–Crippen MR) is 69.2 cm³/mol. The number of carbonyl (C=O) groups is 1. The van der Waals surface area contributed by atoms with E-state index in [9.17, 15) is 9.90 Å². The van der Waals surface area contributed by atoms with Crippen molar-refractivity contribution >= 4 is 16.9 Å². The molecule has 0 aliphatic carbocycles. The van der Waals surface area contributed by atoms with Gasteiger partial charge in [0.15, 0.2) is 0 Å². The van der Waals surface area contributed by atoms with Crippen LogP contribution in [0.5, 0.6) is 0 Å². The molecule has 0 spiro atoms. The number of benzene rings is 1. The Balaban J connectivity index is 2.15. The molecule has 1 aromatic carbocycles. The fourth-order valence-electron chi connectivity index (χ4n) is 2.14. The average Bonchev–Trinajstić information content (AvgIpc) is 2.93. The number of carboxylic acids is 1. The molecule has 19 heavy (non-hydrogen) atoms. The van der Waals surface area contributed by atoms with Crippen LogP contribution in [0.4, 0.5) is 0 Å². The lowest BCUT2D eigenvalue weighted by Gasteiger charge is -2.02. The molecular weight excluding hydrogens is 244 g/mol. The molecule has 2 heterocycles. The number of hydrogen-bond acceptors (Lipinski definition) is 3. The lowest BCUT2D eigenvalue weighted by atomic mass is 10.1. The highest BCUT2D eigenvalue weighted by Gasteiger charge is 2.20. The van der Waals surface area contributed by atoms with E-state index in [0.29, 0.717) is 23.3 Å². The molecule has 0 saturated carbocycles. The third-order valence-corrected chi connectivity index (χ3v) is 3.10. The van der Waals surface area contributed by atoms with Crippen LogP contribution in [0.25, 0.3) is 11.0 Å². The first-order valence-corrected chi connectivity index (χ1v) is 5.89. The molecule has 5 nitrogen and oxygen atoms in total. The van der Waals surface area contributed by atoms with Crippen LogP contribution in [0, 0.1) is 6.92 Å². The summed E-state index contributed by atoms with van der Waals surface area (Å²) in [4.78, 5) is 11.4. The van der Waals surface area contributed by atoms with Crippen LogP contribution in [0.1, 0.15) is 21.8 Å². The number of para-hydroxylation sites is 1. The number of nitrogens with zero attached hydrogens (tertiary/aromatic N) is 2. The number of furan rings is 1. The van der Waals surface area contributed by atoms with Gasteiger partial charge in [0, 0.05) is 17.3 Å². The Morgan fingerprint density at radius 1 is 1.37 bits per heavy atom. The molecule has 0 aliphatic heterocycles. The number of aromatic nitrogens is 2. The Morgan fingerprint density at radius 3 is 2.84 bits per heavy atom. The van der Waals surface area contributed by atoms with E-state index in [1.165, 1.54) is 0 Å². The molecule has 0 atom stereocenters. The van der Waals surface area contributed by atoms with E-state index in [0.717, 1.165) is 5.69 Å². The maximum absolute atomic E-state index is 11.4. The van der Waals surface area contributed by atoms with E-state index >= 15 is 0 Å². The summed E-state index contributed by atoms with van der Waals surface area (Å²) in [6, 6.07) is 9.00. The van der Waals surface area contributed by atoms with Gasteiger partial charge in [-0.25, -0.2) is 4.79 Å². The quantitative estimate of drug-likeness (QED) is 0.782. The molecule has 5 heteroatoms. The van der Waals surface area contributed by atoms with Crippen molar-refractivity contribution in [1.29, 1.82) is 0 Å². The molecule has 0 aliphatic rings. The summed E-state index contributed by atoms with van der Waals surface area (Å²) < 4.78 is 7.36. The van der Waals surface area contributed by atoms with E-state index in [1.54, 1.807) is 29.1 Å². The summed E-state index contributed by atoms with van der Waals surface area (Å²) in [6.07, 6.45) is 1.68. The SMILES string of the molecule is Cc1ccnn1Cc1oc2ccccc2c1C(=O)O. The van der Waals surface area contributed by atoms with Gasteiger partial charge in [0.25, 0.3) is 0 Å². The standard InChI is InChI=1S/C14H12N2O3/c1-9-6-7-15-16(9)8-12-13(14(17)18)10-4-2-3-5-11(10)19-12/h2-7H,8H2,1H3,(H,17,18). The van der Waals surface area contributed by atoms with Crippen molar-refractivity contribution in [1.82, 2.24) is 9.78 Å². The smallest absolute Gasteiger partial charge is 0.339 e. The van der Waals surface area contributed by atoms with Crippen LogP contribution in [-0.2, 0) is 6.54 Å². The van der Waals surface area contributed by atoms with Gasteiger partial charge in [0.1, 0.15) is 23.5 Å². The van der Waals surface area contributed by atoms with Crippen molar-refractivity contribution in [3.63, 3.8) is 0 Å². The van der Waals surface area contributed by atoms with Crippen molar-refractivity contribution < 1.29 is 14.3 Å². The fraction of sp³-hybridized carbons (Fsp3) is 0.143. The van der Waals surface area contributed by atoms with Crippen molar-refractivity contribution in [3.8, 4) is 0 Å². The van der Waals surface area contributed by atoms with Crippen LogP contribution in [0.3, 0.4) is 0 Å². The lowest BCUT2D eigenvalue weighted by Crippen LogP contribution is -2.07. The fourth-order valence-corrected chi connectivity index (χ4v) is 2.14. The molecule has 0 fully saturated rings. The highest BCUT2D eigenvalue weighted by molar-refractivity contribution is 6.03. The Hall–Kier alpha value is -2.56. The third-order valence-electron chi connectivity index (χ3n) is 3.10. The van der Waals surface area contributed by atoms with Crippen LogP contribution >= 0.6 is 0 Å². The molecule has 0 saturated heterocycles. The van der Waals surface area contributed by atoms with E-state index in [-0.39, 0.29) is 5.56 Å². The average molecular weight is 256 g/mol. The molecular formula is C14H12N2O3. The van der Waals surface area contributed by atoms with Crippen molar-refractivity contribution in [3.05, 3.63) is 53.5 Å². The Kier molecular flexibility index (Phi) is 2.59. The molecule has 0 unspecified atom stereocenters. The molecule has 2 aromatic heterocycles. The second-order valence-electron chi connectivity index (χ2n) is 4.33. The van der Waals surface area contributed by atoms with Crippen molar-refractivity contribution in [2.45, 2.75) is 13.5 Å². The Bertz CT molecular complexity index is 755. The molecule has 0 amide bonds. The Morgan fingerprint density at radius 2 is 2.16 bits per heavy atom. The number of fused-ring (bicyclic) bond motifs is 1. The predicted octanol–water partition coefficient (Wildman–Crippen LogP) is 2.68.